The normalized spacial score (nSPS) is 19.4. The molecule has 1 aliphatic heterocycles. The topological polar surface area (TPSA) is 61.9 Å². The minimum Gasteiger partial charge on any atom is -0.465 e. The van der Waals surface area contributed by atoms with E-state index in [4.69, 9.17) is 4.74 Å². The number of urea groups is 1. The molecule has 0 bridgehead atoms. The second kappa shape index (κ2) is 6.04. The van der Waals surface area contributed by atoms with Gasteiger partial charge in [0, 0.05) is 25.2 Å². The number of hydrogen-bond acceptors (Lipinski definition) is 4. The molecule has 0 aliphatic carbocycles. The standard InChI is InChI=1S/C12H23N3O3/c1-5-18-10(16)8-13-11(17)15-7-6-14(4)12(2,3)9-15/h5-9H2,1-4H3,(H,13,17). The molecule has 6 nitrogen and oxygen atoms in total. The van der Waals surface area contributed by atoms with Gasteiger partial charge in [-0.2, -0.15) is 0 Å². The first kappa shape index (κ1) is 14.8. The van der Waals surface area contributed by atoms with E-state index in [0.717, 1.165) is 6.54 Å². The molecule has 0 aromatic carbocycles. The van der Waals surface area contributed by atoms with Crippen molar-refractivity contribution in [3.05, 3.63) is 0 Å². The number of nitrogens with one attached hydrogen (secondary N) is 1. The fraction of sp³-hybridized carbons (Fsp3) is 0.833. The number of ether oxygens (including phenoxy) is 1. The average Bonchev–Trinajstić information content (AvgIpc) is 2.30. The molecule has 1 heterocycles. The lowest BCUT2D eigenvalue weighted by molar-refractivity contribution is -0.141. The number of nitrogens with zero attached hydrogens (tertiary/aromatic N) is 2. The highest BCUT2D eigenvalue weighted by atomic mass is 16.5. The smallest absolute Gasteiger partial charge is 0.325 e. The molecule has 0 aromatic heterocycles. The second-order valence-electron chi connectivity index (χ2n) is 5.12. The van der Waals surface area contributed by atoms with E-state index < -0.39 is 5.97 Å². The summed E-state index contributed by atoms with van der Waals surface area (Å²) in [5.41, 5.74) is -0.0421. The summed E-state index contributed by atoms with van der Waals surface area (Å²) >= 11 is 0. The number of amides is 2. The van der Waals surface area contributed by atoms with Gasteiger partial charge in [0.05, 0.1) is 6.61 Å². The molecule has 1 rings (SSSR count). The number of hydrogen-bond donors (Lipinski definition) is 1. The Morgan fingerprint density at radius 3 is 2.56 bits per heavy atom. The van der Waals surface area contributed by atoms with E-state index in [1.165, 1.54) is 0 Å². The van der Waals surface area contributed by atoms with Gasteiger partial charge < -0.3 is 15.0 Å². The molecule has 104 valence electrons. The van der Waals surface area contributed by atoms with E-state index in [2.05, 4.69) is 24.1 Å². The van der Waals surface area contributed by atoms with Crippen molar-refractivity contribution in [1.82, 2.24) is 15.1 Å². The van der Waals surface area contributed by atoms with Gasteiger partial charge in [-0.05, 0) is 27.8 Å². The Morgan fingerprint density at radius 1 is 1.33 bits per heavy atom. The Bertz CT molecular complexity index is 318. The third-order valence-corrected chi connectivity index (χ3v) is 3.29. The molecule has 2 amide bonds. The summed E-state index contributed by atoms with van der Waals surface area (Å²) in [4.78, 5) is 27.0. The van der Waals surface area contributed by atoms with Crippen LogP contribution in [0.2, 0.25) is 0 Å². The van der Waals surface area contributed by atoms with Gasteiger partial charge in [0.1, 0.15) is 6.54 Å². The quantitative estimate of drug-likeness (QED) is 0.738. The fourth-order valence-corrected chi connectivity index (χ4v) is 1.89. The van der Waals surface area contributed by atoms with Crippen molar-refractivity contribution in [2.24, 2.45) is 0 Å². The van der Waals surface area contributed by atoms with Crippen LogP contribution in [-0.4, -0.2) is 67.2 Å². The molecular weight excluding hydrogens is 234 g/mol. The largest absolute Gasteiger partial charge is 0.465 e. The highest BCUT2D eigenvalue weighted by Gasteiger charge is 2.33. The van der Waals surface area contributed by atoms with Crippen LogP contribution in [0.15, 0.2) is 0 Å². The molecule has 6 heteroatoms. The zero-order chi connectivity index (χ0) is 13.8. The minimum atomic E-state index is -0.403. The molecule has 1 aliphatic rings. The first-order chi connectivity index (χ1) is 8.36. The van der Waals surface area contributed by atoms with Gasteiger partial charge in [-0.25, -0.2) is 4.79 Å². The summed E-state index contributed by atoms with van der Waals surface area (Å²) in [6, 6.07) is -0.204. The third kappa shape index (κ3) is 3.87. The van der Waals surface area contributed by atoms with Crippen LogP contribution in [0, 0.1) is 0 Å². The van der Waals surface area contributed by atoms with Crippen molar-refractivity contribution in [3.8, 4) is 0 Å². The number of esters is 1. The van der Waals surface area contributed by atoms with Gasteiger partial charge in [-0.1, -0.05) is 0 Å². The molecule has 0 spiro atoms. The highest BCUT2D eigenvalue weighted by molar-refractivity contribution is 5.81. The Hall–Kier alpha value is -1.30. The summed E-state index contributed by atoms with van der Waals surface area (Å²) in [5, 5.41) is 2.58. The highest BCUT2D eigenvalue weighted by Crippen LogP contribution is 2.18. The summed E-state index contributed by atoms with van der Waals surface area (Å²) in [6.07, 6.45) is 0. The van der Waals surface area contributed by atoms with Crippen molar-refractivity contribution >= 4 is 12.0 Å². The molecule has 0 unspecified atom stereocenters. The van der Waals surface area contributed by atoms with E-state index in [1.807, 2.05) is 7.05 Å². The van der Waals surface area contributed by atoms with Crippen LogP contribution in [0.3, 0.4) is 0 Å². The van der Waals surface area contributed by atoms with Crippen molar-refractivity contribution < 1.29 is 14.3 Å². The van der Waals surface area contributed by atoms with Gasteiger partial charge in [-0.15, -0.1) is 0 Å². The zero-order valence-electron chi connectivity index (χ0n) is 11.7. The van der Waals surface area contributed by atoms with Crippen LogP contribution in [0.4, 0.5) is 4.79 Å². The maximum absolute atomic E-state index is 11.9. The van der Waals surface area contributed by atoms with Crippen molar-refractivity contribution in [3.63, 3.8) is 0 Å². The van der Waals surface area contributed by atoms with Crippen LogP contribution in [0.1, 0.15) is 20.8 Å². The van der Waals surface area contributed by atoms with E-state index >= 15 is 0 Å². The SMILES string of the molecule is CCOC(=O)CNC(=O)N1CCN(C)C(C)(C)C1. The van der Waals surface area contributed by atoms with Crippen LogP contribution in [0.5, 0.6) is 0 Å². The van der Waals surface area contributed by atoms with E-state index in [-0.39, 0.29) is 18.1 Å². The lowest BCUT2D eigenvalue weighted by Crippen LogP contribution is -2.60. The molecule has 18 heavy (non-hydrogen) atoms. The lowest BCUT2D eigenvalue weighted by Gasteiger charge is -2.45. The van der Waals surface area contributed by atoms with Gasteiger partial charge >= 0.3 is 12.0 Å². The molecular formula is C12H23N3O3. The van der Waals surface area contributed by atoms with E-state index in [0.29, 0.717) is 19.7 Å². The number of likely N-dealkylation sites (N-methyl/N-ethyl adjacent to an activating group) is 1. The monoisotopic (exact) mass is 257 g/mol. The van der Waals surface area contributed by atoms with E-state index in [1.54, 1.807) is 11.8 Å². The van der Waals surface area contributed by atoms with Crippen LogP contribution >= 0.6 is 0 Å². The summed E-state index contributed by atoms with van der Waals surface area (Å²) in [6.45, 7) is 8.35. The lowest BCUT2D eigenvalue weighted by atomic mass is 10.0. The van der Waals surface area contributed by atoms with Gasteiger partial charge in [0.15, 0.2) is 0 Å². The number of rotatable bonds is 3. The third-order valence-electron chi connectivity index (χ3n) is 3.29. The minimum absolute atomic E-state index is 0.0421. The van der Waals surface area contributed by atoms with Crippen molar-refractivity contribution in [2.75, 3.05) is 39.8 Å². The summed E-state index contributed by atoms with van der Waals surface area (Å²) < 4.78 is 4.76. The molecule has 0 radical (unpaired) electrons. The number of piperazine rings is 1. The first-order valence-electron chi connectivity index (χ1n) is 6.26. The maximum Gasteiger partial charge on any atom is 0.325 e. The van der Waals surface area contributed by atoms with E-state index in [9.17, 15) is 9.59 Å². The first-order valence-corrected chi connectivity index (χ1v) is 6.26. The Labute approximate surface area is 108 Å². The second-order valence-corrected chi connectivity index (χ2v) is 5.12. The molecule has 1 N–H and O–H groups in total. The van der Waals surface area contributed by atoms with Gasteiger partial charge in [0.2, 0.25) is 0 Å². The number of carbonyl (C=O) groups excluding carboxylic acids is 2. The fourth-order valence-electron chi connectivity index (χ4n) is 1.89. The Kier molecular flexibility index (Phi) is 4.95. The molecule has 1 fully saturated rings. The predicted octanol–water partition coefficient (Wildman–Crippen LogP) is 0.285. The van der Waals surface area contributed by atoms with Gasteiger partial charge in [0.25, 0.3) is 0 Å². The summed E-state index contributed by atoms with van der Waals surface area (Å²) in [5.74, 6) is -0.403. The number of carbonyl (C=O) groups is 2. The van der Waals surface area contributed by atoms with Crippen LogP contribution in [0.25, 0.3) is 0 Å². The molecule has 0 saturated carbocycles. The average molecular weight is 257 g/mol. The zero-order valence-corrected chi connectivity index (χ0v) is 11.7. The van der Waals surface area contributed by atoms with Crippen molar-refractivity contribution in [2.45, 2.75) is 26.3 Å². The molecule has 0 atom stereocenters. The maximum atomic E-state index is 11.9. The Balaban J connectivity index is 2.41. The van der Waals surface area contributed by atoms with Crippen LogP contribution in [-0.2, 0) is 9.53 Å². The predicted molar refractivity (Wildman–Crippen MR) is 68.3 cm³/mol. The van der Waals surface area contributed by atoms with Gasteiger partial charge in [-0.3, -0.25) is 9.69 Å². The Morgan fingerprint density at radius 2 is 2.00 bits per heavy atom. The summed E-state index contributed by atoms with van der Waals surface area (Å²) in [7, 11) is 2.05. The van der Waals surface area contributed by atoms with Crippen LogP contribution < -0.4 is 5.32 Å². The molecule has 1 saturated heterocycles. The molecule has 0 aromatic rings. The van der Waals surface area contributed by atoms with Crippen molar-refractivity contribution in [1.29, 1.82) is 0 Å².